The van der Waals surface area contributed by atoms with Crippen molar-refractivity contribution in [3.05, 3.63) is 65.4 Å². The second kappa shape index (κ2) is 8.92. The Morgan fingerprint density at radius 1 is 0.967 bits per heavy atom. The van der Waals surface area contributed by atoms with Crippen LogP contribution in [0, 0.1) is 0 Å². The number of ether oxygens (including phenoxy) is 3. The summed E-state index contributed by atoms with van der Waals surface area (Å²) in [6.07, 6.45) is 0. The molecule has 0 atom stereocenters. The van der Waals surface area contributed by atoms with Gasteiger partial charge in [-0.15, -0.1) is 0 Å². The zero-order valence-corrected chi connectivity index (χ0v) is 17.2. The highest BCUT2D eigenvalue weighted by Gasteiger charge is 2.17. The Labute approximate surface area is 178 Å². The zero-order valence-electron chi connectivity index (χ0n) is 16.4. The molecule has 2 aromatic heterocycles. The summed E-state index contributed by atoms with van der Waals surface area (Å²) >= 11 is 6.08. The number of methoxy groups -OCH3 is 1. The molecule has 0 bridgehead atoms. The molecular formula is C22H19ClN2O5. The van der Waals surface area contributed by atoms with Gasteiger partial charge in [0.25, 0.3) is 5.89 Å². The predicted octanol–water partition coefficient (Wildman–Crippen LogP) is 5.64. The van der Waals surface area contributed by atoms with Crippen molar-refractivity contribution in [2.24, 2.45) is 0 Å². The van der Waals surface area contributed by atoms with E-state index in [2.05, 4.69) is 10.1 Å². The molecule has 0 saturated heterocycles. The third-order valence-electron chi connectivity index (χ3n) is 4.22. The normalized spacial score (nSPS) is 10.8. The molecule has 0 N–H and O–H groups in total. The van der Waals surface area contributed by atoms with Crippen molar-refractivity contribution in [2.45, 2.75) is 13.5 Å². The fraction of sp³-hybridized carbons (Fsp3) is 0.182. The second-order valence-corrected chi connectivity index (χ2v) is 6.66. The van der Waals surface area contributed by atoms with Crippen LogP contribution in [0.25, 0.3) is 23.0 Å². The summed E-state index contributed by atoms with van der Waals surface area (Å²) in [6, 6.07) is 16.2. The van der Waals surface area contributed by atoms with Gasteiger partial charge >= 0.3 is 0 Å². The smallest absolute Gasteiger partial charge is 0.293 e. The lowest BCUT2D eigenvalue weighted by molar-refractivity contribution is 0.269. The van der Waals surface area contributed by atoms with Gasteiger partial charge in [0.15, 0.2) is 5.76 Å². The lowest BCUT2D eigenvalue weighted by Crippen LogP contribution is -1.94. The largest absolute Gasteiger partial charge is 0.496 e. The summed E-state index contributed by atoms with van der Waals surface area (Å²) in [5.74, 6) is 3.78. The fourth-order valence-corrected chi connectivity index (χ4v) is 2.98. The van der Waals surface area contributed by atoms with Gasteiger partial charge in [-0.25, -0.2) is 0 Å². The maximum Gasteiger partial charge on any atom is 0.293 e. The number of rotatable bonds is 8. The molecule has 0 unspecified atom stereocenters. The predicted molar refractivity (Wildman–Crippen MR) is 111 cm³/mol. The third-order valence-corrected chi connectivity index (χ3v) is 4.45. The number of hydrogen-bond donors (Lipinski definition) is 0. The maximum atomic E-state index is 6.08. The standard InChI is InChI=1S/C22H19ClN2O5/c1-3-27-15-5-7-16(8-6-15)28-13-17-9-11-20(29-17)22-24-21(25-30-22)18-12-14(23)4-10-19(18)26-2/h4-12H,3,13H2,1-2H3. The van der Waals surface area contributed by atoms with Gasteiger partial charge in [0.1, 0.15) is 29.6 Å². The van der Waals surface area contributed by atoms with E-state index < -0.39 is 0 Å². The molecule has 0 aliphatic heterocycles. The van der Waals surface area contributed by atoms with Crippen LogP contribution in [0.5, 0.6) is 17.2 Å². The number of aromatic nitrogens is 2. The van der Waals surface area contributed by atoms with E-state index in [0.29, 0.717) is 46.0 Å². The van der Waals surface area contributed by atoms with Gasteiger partial charge < -0.3 is 23.2 Å². The minimum atomic E-state index is 0.249. The van der Waals surface area contributed by atoms with E-state index in [1.807, 2.05) is 31.2 Å². The van der Waals surface area contributed by atoms with Gasteiger partial charge in [0, 0.05) is 5.02 Å². The highest BCUT2D eigenvalue weighted by Crippen LogP contribution is 2.32. The van der Waals surface area contributed by atoms with Crippen LogP contribution >= 0.6 is 11.6 Å². The van der Waals surface area contributed by atoms with Crippen LogP contribution in [0.15, 0.2) is 63.5 Å². The molecule has 0 fully saturated rings. The van der Waals surface area contributed by atoms with Gasteiger partial charge in [-0.3, -0.25) is 0 Å². The van der Waals surface area contributed by atoms with Crippen LogP contribution in [0.2, 0.25) is 5.02 Å². The second-order valence-electron chi connectivity index (χ2n) is 6.23. The molecule has 0 amide bonds. The minimum absolute atomic E-state index is 0.249. The van der Waals surface area contributed by atoms with Crippen LogP contribution in [0.1, 0.15) is 12.7 Å². The minimum Gasteiger partial charge on any atom is -0.496 e. The molecule has 0 aliphatic carbocycles. The maximum absolute atomic E-state index is 6.08. The lowest BCUT2D eigenvalue weighted by Gasteiger charge is -2.06. The van der Waals surface area contributed by atoms with Crippen molar-refractivity contribution >= 4 is 11.6 Å². The van der Waals surface area contributed by atoms with Crippen molar-refractivity contribution in [1.29, 1.82) is 0 Å². The van der Waals surface area contributed by atoms with Crippen molar-refractivity contribution < 1.29 is 23.2 Å². The average Bonchev–Trinajstić information content (AvgIpc) is 3.43. The molecule has 4 rings (SSSR count). The van der Waals surface area contributed by atoms with Crippen molar-refractivity contribution in [3.63, 3.8) is 0 Å². The molecule has 7 nitrogen and oxygen atoms in total. The highest BCUT2D eigenvalue weighted by atomic mass is 35.5. The number of nitrogens with zero attached hydrogens (tertiary/aromatic N) is 2. The Balaban J connectivity index is 1.45. The molecule has 0 aliphatic rings. The van der Waals surface area contributed by atoms with E-state index in [0.717, 1.165) is 5.75 Å². The molecule has 8 heteroatoms. The van der Waals surface area contributed by atoms with Crippen molar-refractivity contribution in [2.75, 3.05) is 13.7 Å². The van der Waals surface area contributed by atoms with E-state index in [1.54, 1.807) is 37.4 Å². The van der Waals surface area contributed by atoms with Crippen LogP contribution in [-0.4, -0.2) is 23.9 Å². The van der Waals surface area contributed by atoms with Crippen LogP contribution < -0.4 is 14.2 Å². The first-order valence-electron chi connectivity index (χ1n) is 9.28. The topological polar surface area (TPSA) is 79.8 Å². The molecule has 0 saturated carbocycles. The summed E-state index contributed by atoms with van der Waals surface area (Å²) < 4.78 is 27.6. The van der Waals surface area contributed by atoms with E-state index in [9.17, 15) is 0 Å². The van der Waals surface area contributed by atoms with Crippen LogP contribution in [-0.2, 0) is 6.61 Å². The average molecular weight is 427 g/mol. The Morgan fingerprint density at radius 2 is 1.73 bits per heavy atom. The Hall–Kier alpha value is -3.45. The summed E-state index contributed by atoms with van der Waals surface area (Å²) in [7, 11) is 1.57. The van der Waals surface area contributed by atoms with E-state index >= 15 is 0 Å². The molecule has 30 heavy (non-hydrogen) atoms. The summed E-state index contributed by atoms with van der Waals surface area (Å²) in [5, 5.41) is 4.56. The van der Waals surface area contributed by atoms with E-state index in [1.165, 1.54) is 0 Å². The third kappa shape index (κ3) is 4.41. The molecule has 0 spiro atoms. The van der Waals surface area contributed by atoms with E-state index in [-0.39, 0.29) is 12.5 Å². The van der Waals surface area contributed by atoms with E-state index in [4.69, 9.17) is 34.8 Å². The quantitative estimate of drug-likeness (QED) is 0.361. The van der Waals surface area contributed by atoms with Crippen LogP contribution in [0.4, 0.5) is 0 Å². The van der Waals surface area contributed by atoms with Gasteiger partial charge in [-0.05, 0) is 61.5 Å². The van der Waals surface area contributed by atoms with Gasteiger partial charge in [0.05, 0.1) is 19.3 Å². The molecule has 2 heterocycles. The number of hydrogen-bond acceptors (Lipinski definition) is 7. The highest BCUT2D eigenvalue weighted by molar-refractivity contribution is 6.30. The van der Waals surface area contributed by atoms with Crippen LogP contribution in [0.3, 0.4) is 0 Å². The number of halogens is 1. The Kier molecular flexibility index (Phi) is 5.90. The SMILES string of the molecule is CCOc1ccc(OCc2ccc(-c3nc(-c4cc(Cl)ccc4OC)no3)o2)cc1. The number of benzene rings is 2. The Bertz CT molecular complexity index is 1120. The first-order chi connectivity index (χ1) is 14.7. The molecule has 4 aromatic rings. The molecule has 154 valence electrons. The summed E-state index contributed by atoms with van der Waals surface area (Å²) in [5.41, 5.74) is 0.630. The molecular weight excluding hydrogens is 408 g/mol. The van der Waals surface area contributed by atoms with Crippen molar-refractivity contribution in [1.82, 2.24) is 10.1 Å². The van der Waals surface area contributed by atoms with Gasteiger partial charge in [0.2, 0.25) is 5.82 Å². The molecule has 0 radical (unpaired) electrons. The van der Waals surface area contributed by atoms with Gasteiger partial charge in [-0.2, -0.15) is 4.98 Å². The number of furan rings is 1. The van der Waals surface area contributed by atoms with Crippen molar-refractivity contribution in [3.8, 4) is 40.3 Å². The lowest BCUT2D eigenvalue weighted by atomic mass is 10.2. The van der Waals surface area contributed by atoms with Gasteiger partial charge in [-0.1, -0.05) is 16.8 Å². The Morgan fingerprint density at radius 3 is 2.47 bits per heavy atom. The fourth-order valence-electron chi connectivity index (χ4n) is 2.81. The first-order valence-corrected chi connectivity index (χ1v) is 9.66. The monoisotopic (exact) mass is 426 g/mol. The molecule has 2 aromatic carbocycles. The summed E-state index contributed by atoms with van der Waals surface area (Å²) in [4.78, 5) is 4.39. The summed E-state index contributed by atoms with van der Waals surface area (Å²) in [6.45, 7) is 2.82. The zero-order chi connectivity index (χ0) is 20.9. The first kappa shape index (κ1) is 19.8.